The van der Waals surface area contributed by atoms with Gasteiger partial charge >= 0.3 is 0 Å². The predicted octanol–water partition coefficient (Wildman–Crippen LogP) is 1.04. The van der Waals surface area contributed by atoms with E-state index in [1.54, 1.807) is 31.4 Å². The van der Waals surface area contributed by atoms with E-state index in [0.29, 0.717) is 24.3 Å². The first kappa shape index (κ1) is 17.8. The van der Waals surface area contributed by atoms with Crippen molar-refractivity contribution in [1.82, 2.24) is 5.32 Å². The molecule has 1 aliphatic rings. The summed E-state index contributed by atoms with van der Waals surface area (Å²) in [6.07, 6.45) is 3.04. The van der Waals surface area contributed by atoms with Crippen molar-refractivity contribution in [3.8, 4) is 5.75 Å². The molecule has 0 radical (unpaired) electrons. The largest absolute Gasteiger partial charge is 0.497 e. The first-order valence-corrected chi connectivity index (χ1v) is 8.02. The number of carbonyl (C=O) groups is 3. The van der Waals surface area contributed by atoms with Crippen LogP contribution < -0.4 is 21.1 Å². The van der Waals surface area contributed by atoms with Gasteiger partial charge in [0.15, 0.2) is 0 Å². The Morgan fingerprint density at radius 1 is 1.12 bits per heavy atom. The van der Waals surface area contributed by atoms with Crippen LogP contribution in [0.4, 0.5) is 5.69 Å². The number of amides is 3. The lowest BCUT2D eigenvalue weighted by atomic mass is 9.78. The molecule has 130 valence electrons. The quantitative estimate of drug-likeness (QED) is 0.722. The van der Waals surface area contributed by atoms with Crippen molar-refractivity contribution >= 4 is 23.4 Å². The molecule has 0 aliphatic heterocycles. The van der Waals surface area contributed by atoms with Crippen molar-refractivity contribution in [2.24, 2.45) is 17.6 Å². The summed E-state index contributed by atoms with van der Waals surface area (Å²) < 4.78 is 5.04. The minimum absolute atomic E-state index is 0.146. The molecule has 1 fully saturated rings. The molecule has 2 rings (SSSR count). The second-order valence-electron chi connectivity index (χ2n) is 5.89. The van der Waals surface area contributed by atoms with Gasteiger partial charge in [0.25, 0.3) is 0 Å². The van der Waals surface area contributed by atoms with Gasteiger partial charge in [0.2, 0.25) is 17.7 Å². The van der Waals surface area contributed by atoms with Gasteiger partial charge in [-0.3, -0.25) is 14.4 Å². The maximum Gasteiger partial charge on any atom is 0.243 e. The molecule has 1 saturated carbocycles. The van der Waals surface area contributed by atoms with E-state index in [-0.39, 0.29) is 18.4 Å². The van der Waals surface area contributed by atoms with Crippen LogP contribution in [0.3, 0.4) is 0 Å². The number of primary amides is 1. The predicted molar refractivity (Wildman–Crippen MR) is 89.3 cm³/mol. The Kier molecular flexibility index (Phi) is 6.17. The van der Waals surface area contributed by atoms with Gasteiger partial charge in [0.1, 0.15) is 5.75 Å². The zero-order valence-corrected chi connectivity index (χ0v) is 13.7. The summed E-state index contributed by atoms with van der Waals surface area (Å²) in [5.41, 5.74) is 5.98. The number of benzene rings is 1. The molecule has 0 saturated heterocycles. The van der Waals surface area contributed by atoms with E-state index < -0.39 is 17.7 Å². The molecule has 0 spiro atoms. The summed E-state index contributed by atoms with van der Waals surface area (Å²) in [4.78, 5) is 35.6. The van der Waals surface area contributed by atoms with Gasteiger partial charge in [-0.25, -0.2) is 0 Å². The van der Waals surface area contributed by atoms with Gasteiger partial charge in [0, 0.05) is 17.5 Å². The van der Waals surface area contributed by atoms with Crippen LogP contribution in [-0.4, -0.2) is 31.4 Å². The number of anilines is 1. The van der Waals surface area contributed by atoms with Crippen LogP contribution in [0.5, 0.6) is 5.75 Å². The van der Waals surface area contributed by atoms with Crippen LogP contribution in [-0.2, 0) is 14.4 Å². The van der Waals surface area contributed by atoms with Gasteiger partial charge in [0.05, 0.1) is 13.7 Å². The average Bonchev–Trinajstić information content (AvgIpc) is 2.60. The van der Waals surface area contributed by atoms with E-state index in [4.69, 9.17) is 10.5 Å². The van der Waals surface area contributed by atoms with E-state index in [9.17, 15) is 14.4 Å². The minimum Gasteiger partial charge on any atom is -0.497 e. The molecule has 24 heavy (non-hydrogen) atoms. The monoisotopic (exact) mass is 333 g/mol. The van der Waals surface area contributed by atoms with Crippen LogP contribution in [0.25, 0.3) is 0 Å². The zero-order valence-electron chi connectivity index (χ0n) is 13.7. The van der Waals surface area contributed by atoms with E-state index in [1.807, 2.05) is 0 Å². The number of ether oxygens (including phenoxy) is 1. The van der Waals surface area contributed by atoms with Crippen molar-refractivity contribution in [1.29, 1.82) is 0 Å². The Hall–Kier alpha value is -2.57. The Morgan fingerprint density at radius 3 is 2.33 bits per heavy atom. The van der Waals surface area contributed by atoms with Crippen LogP contribution in [0, 0.1) is 11.8 Å². The third-order valence-corrected chi connectivity index (χ3v) is 4.27. The number of nitrogens with two attached hydrogens (primary N) is 1. The summed E-state index contributed by atoms with van der Waals surface area (Å²) in [5, 5.41) is 5.28. The average molecular weight is 333 g/mol. The second-order valence-corrected chi connectivity index (χ2v) is 5.89. The topological polar surface area (TPSA) is 111 Å². The third kappa shape index (κ3) is 4.71. The number of hydrogen-bond donors (Lipinski definition) is 3. The molecule has 0 bridgehead atoms. The fraction of sp³-hybridized carbons (Fsp3) is 0.471. The lowest BCUT2D eigenvalue weighted by Crippen LogP contribution is -2.44. The Labute approximate surface area is 140 Å². The smallest absolute Gasteiger partial charge is 0.243 e. The summed E-state index contributed by atoms with van der Waals surface area (Å²) in [6, 6.07) is 6.88. The molecule has 1 aromatic rings. The molecule has 2 atom stereocenters. The zero-order chi connectivity index (χ0) is 17.5. The van der Waals surface area contributed by atoms with Crippen molar-refractivity contribution in [2.45, 2.75) is 25.7 Å². The number of hydrogen-bond acceptors (Lipinski definition) is 4. The van der Waals surface area contributed by atoms with Crippen LogP contribution in [0.1, 0.15) is 25.7 Å². The lowest BCUT2D eigenvalue weighted by Gasteiger charge is -2.28. The van der Waals surface area contributed by atoms with Gasteiger partial charge < -0.3 is 21.1 Å². The Morgan fingerprint density at radius 2 is 1.75 bits per heavy atom. The standard InChI is InChI=1S/C17H23N3O4/c1-24-12-8-6-11(7-9-12)20-15(21)10-19-17(23)14-5-3-2-4-13(14)16(18)22/h6-9,13-14H,2-5,10H2,1H3,(H2,18,22)(H,19,23)(H,20,21)/t13-,14+/m0/s1. The SMILES string of the molecule is COc1ccc(NC(=O)CNC(=O)[C@@H]2CCCC[C@@H]2C(N)=O)cc1. The molecule has 3 amide bonds. The highest BCUT2D eigenvalue weighted by Gasteiger charge is 2.34. The van der Waals surface area contributed by atoms with Gasteiger partial charge in [-0.2, -0.15) is 0 Å². The fourth-order valence-corrected chi connectivity index (χ4v) is 2.96. The molecule has 4 N–H and O–H groups in total. The minimum atomic E-state index is -0.447. The molecule has 7 nitrogen and oxygen atoms in total. The summed E-state index contributed by atoms with van der Waals surface area (Å²) in [6.45, 7) is -0.146. The number of carbonyl (C=O) groups excluding carboxylic acids is 3. The number of nitrogens with one attached hydrogen (secondary N) is 2. The van der Waals surface area contributed by atoms with Gasteiger partial charge in [-0.05, 0) is 37.1 Å². The molecule has 0 aromatic heterocycles. The number of methoxy groups -OCH3 is 1. The molecule has 7 heteroatoms. The van der Waals surface area contributed by atoms with E-state index in [0.717, 1.165) is 12.8 Å². The summed E-state index contributed by atoms with van der Waals surface area (Å²) in [5.74, 6) is -1.26. The van der Waals surface area contributed by atoms with E-state index >= 15 is 0 Å². The van der Waals surface area contributed by atoms with Crippen molar-refractivity contribution < 1.29 is 19.1 Å². The fourth-order valence-electron chi connectivity index (χ4n) is 2.96. The number of rotatable bonds is 6. The third-order valence-electron chi connectivity index (χ3n) is 4.27. The molecule has 1 aliphatic carbocycles. The normalized spacial score (nSPS) is 20.0. The van der Waals surface area contributed by atoms with E-state index in [1.165, 1.54) is 0 Å². The first-order valence-electron chi connectivity index (χ1n) is 8.02. The lowest BCUT2D eigenvalue weighted by molar-refractivity contribution is -0.135. The van der Waals surface area contributed by atoms with Gasteiger partial charge in [-0.15, -0.1) is 0 Å². The first-order chi connectivity index (χ1) is 11.5. The van der Waals surface area contributed by atoms with Crippen molar-refractivity contribution in [3.63, 3.8) is 0 Å². The second kappa shape index (κ2) is 8.33. The van der Waals surface area contributed by atoms with Gasteiger partial charge in [-0.1, -0.05) is 12.8 Å². The maximum atomic E-state index is 12.2. The van der Waals surface area contributed by atoms with Crippen LogP contribution in [0.2, 0.25) is 0 Å². The molecule has 0 heterocycles. The summed E-state index contributed by atoms with van der Waals surface area (Å²) >= 11 is 0. The molecular weight excluding hydrogens is 310 g/mol. The molecule has 1 aromatic carbocycles. The highest BCUT2D eigenvalue weighted by Crippen LogP contribution is 2.29. The maximum absolute atomic E-state index is 12.2. The highest BCUT2D eigenvalue weighted by molar-refractivity contribution is 5.95. The molecule has 0 unspecified atom stereocenters. The van der Waals surface area contributed by atoms with E-state index in [2.05, 4.69) is 10.6 Å². The Bertz CT molecular complexity index is 600. The van der Waals surface area contributed by atoms with Crippen molar-refractivity contribution in [2.75, 3.05) is 19.0 Å². The highest BCUT2D eigenvalue weighted by atomic mass is 16.5. The van der Waals surface area contributed by atoms with Crippen molar-refractivity contribution in [3.05, 3.63) is 24.3 Å². The molecular formula is C17H23N3O4. The van der Waals surface area contributed by atoms with Crippen LogP contribution in [0.15, 0.2) is 24.3 Å². The summed E-state index contributed by atoms with van der Waals surface area (Å²) in [7, 11) is 1.56. The van der Waals surface area contributed by atoms with Crippen LogP contribution >= 0.6 is 0 Å². The Balaban J connectivity index is 1.83.